The van der Waals surface area contributed by atoms with Gasteiger partial charge in [0.15, 0.2) is 0 Å². The molecule has 1 aliphatic heterocycles. The third-order valence-electron chi connectivity index (χ3n) is 4.97. The number of hydrogen-bond donors (Lipinski definition) is 1. The molecule has 118 valence electrons. The van der Waals surface area contributed by atoms with Gasteiger partial charge in [0.05, 0.1) is 12.0 Å². The minimum atomic E-state index is -0.814. The van der Waals surface area contributed by atoms with Crippen LogP contribution in [0.4, 0.5) is 4.79 Å². The third kappa shape index (κ3) is 3.57. The zero-order valence-corrected chi connectivity index (χ0v) is 13.1. The Labute approximate surface area is 126 Å². The molecule has 1 N–H and O–H groups in total. The van der Waals surface area contributed by atoms with Gasteiger partial charge in [0.1, 0.15) is 0 Å². The van der Waals surface area contributed by atoms with Crippen molar-refractivity contribution in [3.05, 3.63) is 11.6 Å². The maximum atomic E-state index is 12.7. The third-order valence-corrected chi connectivity index (χ3v) is 4.97. The Balaban J connectivity index is 2.11. The zero-order valence-electron chi connectivity index (χ0n) is 13.1. The molecule has 2 rings (SSSR count). The molecule has 2 aliphatic rings. The molecule has 0 aromatic carbocycles. The monoisotopic (exact) mass is 294 g/mol. The van der Waals surface area contributed by atoms with Crippen LogP contribution in [0.3, 0.4) is 0 Å². The lowest BCUT2D eigenvalue weighted by atomic mass is 9.78. The van der Waals surface area contributed by atoms with Crippen LogP contribution < -0.4 is 0 Å². The standard InChI is InChI=1S/C16H26N2O3/c1-13-6-10-18(11-7-13)15(21)17(2)16(12-14(19)20)8-4-3-5-9-16/h6H,3-5,7-12H2,1-2H3,(H,19,20). The number of rotatable bonds is 3. The zero-order chi connectivity index (χ0) is 15.5. The van der Waals surface area contributed by atoms with Crippen LogP contribution in [-0.4, -0.2) is 52.6 Å². The Morgan fingerprint density at radius 1 is 1.33 bits per heavy atom. The maximum Gasteiger partial charge on any atom is 0.320 e. The van der Waals surface area contributed by atoms with Gasteiger partial charge in [-0.1, -0.05) is 30.9 Å². The van der Waals surface area contributed by atoms with Crippen molar-refractivity contribution >= 4 is 12.0 Å². The highest BCUT2D eigenvalue weighted by molar-refractivity contribution is 5.77. The summed E-state index contributed by atoms with van der Waals surface area (Å²) in [6, 6.07) is -0.0260. The van der Waals surface area contributed by atoms with Gasteiger partial charge in [0.25, 0.3) is 0 Å². The van der Waals surface area contributed by atoms with Gasteiger partial charge in [-0.25, -0.2) is 4.79 Å². The number of carboxylic acid groups (broad SMARTS) is 1. The molecule has 2 amide bonds. The molecule has 0 atom stereocenters. The number of carbonyl (C=O) groups is 2. The average Bonchev–Trinajstić information content (AvgIpc) is 2.47. The van der Waals surface area contributed by atoms with Gasteiger partial charge in [-0.05, 0) is 26.2 Å². The molecule has 0 radical (unpaired) electrons. The van der Waals surface area contributed by atoms with Crippen molar-refractivity contribution in [3.8, 4) is 0 Å². The van der Waals surface area contributed by atoms with E-state index in [0.717, 1.165) is 45.1 Å². The molecule has 1 aliphatic carbocycles. The Kier molecular flexibility index (Phi) is 4.91. The molecule has 0 aromatic heterocycles. The van der Waals surface area contributed by atoms with Crippen molar-refractivity contribution in [3.63, 3.8) is 0 Å². The summed E-state index contributed by atoms with van der Waals surface area (Å²) >= 11 is 0. The van der Waals surface area contributed by atoms with Gasteiger partial charge in [-0.2, -0.15) is 0 Å². The van der Waals surface area contributed by atoms with E-state index in [1.807, 2.05) is 4.90 Å². The number of nitrogens with zero attached hydrogens (tertiary/aromatic N) is 2. The summed E-state index contributed by atoms with van der Waals surface area (Å²) in [5, 5.41) is 9.25. The first-order chi connectivity index (χ1) is 9.94. The first kappa shape index (κ1) is 15.9. The SMILES string of the molecule is CC1=CCN(C(=O)N(C)C2(CC(=O)O)CCCCC2)CC1. The van der Waals surface area contributed by atoms with E-state index in [4.69, 9.17) is 0 Å². The summed E-state index contributed by atoms with van der Waals surface area (Å²) < 4.78 is 0. The second kappa shape index (κ2) is 6.50. The highest BCUT2D eigenvalue weighted by atomic mass is 16.4. The van der Waals surface area contributed by atoms with Crippen molar-refractivity contribution < 1.29 is 14.7 Å². The lowest BCUT2D eigenvalue weighted by Crippen LogP contribution is -2.56. The normalized spacial score (nSPS) is 21.6. The van der Waals surface area contributed by atoms with E-state index in [1.165, 1.54) is 5.57 Å². The number of carboxylic acids is 1. The Morgan fingerprint density at radius 2 is 2.00 bits per heavy atom. The molecule has 0 aromatic rings. The van der Waals surface area contributed by atoms with Crippen LogP contribution in [0, 0.1) is 0 Å². The maximum absolute atomic E-state index is 12.7. The van der Waals surface area contributed by atoms with E-state index in [2.05, 4.69) is 13.0 Å². The van der Waals surface area contributed by atoms with Crippen LogP contribution in [0.5, 0.6) is 0 Å². The molecule has 1 saturated carbocycles. The van der Waals surface area contributed by atoms with E-state index in [-0.39, 0.29) is 12.5 Å². The van der Waals surface area contributed by atoms with Crippen LogP contribution >= 0.6 is 0 Å². The summed E-state index contributed by atoms with van der Waals surface area (Å²) in [6.07, 6.45) is 7.78. The highest BCUT2D eigenvalue weighted by Crippen LogP contribution is 2.36. The van der Waals surface area contributed by atoms with Crippen molar-refractivity contribution in [2.45, 2.75) is 57.4 Å². The number of hydrogen-bond acceptors (Lipinski definition) is 2. The molecular weight excluding hydrogens is 268 g/mol. The highest BCUT2D eigenvalue weighted by Gasteiger charge is 2.41. The molecule has 1 heterocycles. The van der Waals surface area contributed by atoms with Crippen LogP contribution in [0.25, 0.3) is 0 Å². The lowest BCUT2D eigenvalue weighted by Gasteiger charge is -2.45. The van der Waals surface area contributed by atoms with Crippen LogP contribution in [0.2, 0.25) is 0 Å². The first-order valence-corrected chi connectivity index (χ1v) is 7.85. The average molecular weight is 294 g/mol. The quantitative estimate of drug-likeness (QED) is 0.814. The smallest absolute Gasteiger partial charge is 0.320 e. The molecule has 5 heteroatoms. The van der Waals surface area contributed by atoms with E-state index in [1.54, 1.807) is 11.9 Å². The minimum Gasteiger partial charge on any atom is -0.481 e. The Morgan fingerprint density at radius 3 is 2.52 bits per heavy atom. The fourth-order valence-corrected chi connectivity index (χ4v) is 3.48. The topological polar surface area (TPSA) is 60.9 Å². The number of amides is 2. The lowest BCUT2D eigenvalue weighted by molar-refractivity contribution is -0.140. The van der Waals surface area contributed by atoms with Gasteiger partial charge in [0.2, 0.25) is 0 Å². The summed E-state index contributed by atoms with van der Waals surface area (Å²) in [6.45, 7) is 3.45. The van der Waals surface area contributed by atoms with E-state index < -0.39 is 11.5 Å². The molecule has 0 bridgehead atoms. The van der Waals surface area contributed by atoms with Crippen molar-refractivity contribution in [2.75, 3.05) is 20.1 Å². The van der Waals surface area contributed by atoms with Gasteiger partial charge in [-0.3, -0.25) is 4.79 Å². The van der Waals surface area contributed by atoms with Crippen molar-refractivity contribution in [1.82, 2.24) is 9.80 Å². The predicted molar refractivity (Wildman–Crippen MR) is 81.2 cm³/mol. The number of carbonyl (C=O) groups excluding carboxylic acids is 1. The fraction of sp³-hybridized carbons (Fsp3) is 0.750. The van der Waals surface area contributed by atoms with Crippen LogP contribution in [-0.2, 0) is 4.79 Å². The van der Waals surface area contributed by atoms with Gasteiger partial charge >= 0.3 is 12.0 Å². The summed E-state index contributed by atoms with van der Waals surface area (Å²) in [4.78, 5) is 27.5. The van der Waals surface area contributed by atoms with Crippen LogP contribution in [0.1, 0.15) is 51.9 Å². The Bertz CT molecular complexity index is 439. The second-order valence-corrected chi connectivity index (χ2v) is 6.44. The van der Waals surface area contributed by atoms with Crippen molar-refractivity contribution in [1.29, 1.82) is 0 Å². The van der Waals surface area contributed by atoms with Gasteiger partial charge in [0, 0.05) is 20.1 Å². The molecule has 0 unspecified atom stereocenters. The fourth-order valence-electron chi connectivity index (χ4n) is 3.48. The van der Waals surface area contributed by atoms with E-state index >= 15 is 0 Å². The summed E-state index contributed by atoms with van der Waals surface area (Å²) in [5.74, 6) is -0.814. The summed E-state index contributed by atoms with van der Waals surface area (Å²) in [7, 11) is 1.78. The van der Waals surface area contributed by atoms with E-state index in [9.17, 15) is 14.7 Å². The molecule has 0 saturated heterocycles. The second-order valence-electron chi connectivity index (χ2n) is 6.44. The first-order valence-electron chi connectivity index (χ1n) is 7.85. The van der Waals surface area contributed by atoms with Crippen molar-refractivity contribution in [2.24, 2.45) is 0 Å². The number of urea groups is 1. The summed E-state index contributed by atoms with van der Waals surface area (Å²) in [5.41, 5.74) is 0.816. The molecule has 5 nitrogen and oxygen atoms in total. The molecule has 1 fully saturated rings. The Hall–Kier alpha value is -1.52. The molecule has 21 heavy (non-hydrogen) atoms. The predicted octanol–water partition coefficient (Wildman–Crippen LogP) is 2.87. The van der Waals surface area contributed by atoms with Gasteiger partial charge in [-0.15, -0.1) is 0 Å². The molecule has 0 spiro atoms. The number of aliphatic carboxylic acids is 1. The largest absolute Gasteiger partial charge is 0.481 e. The van der Waals surface area contributed by atoms with Gasteiger partial charge < -0.3 is 14.9 Å². The van der Waals surface area contributed by atoms with E-state index in [0.29, 0.717) is 6.54 Å². The van der Waals surface area contributed by atoms with Crippen LogP contribution in [0.15, 0.2) is 11.6 Å². The molecular formula is C16H26N2O3. The minimum absolute atomic E-state index is 0.0260.